The van der Waals surface area contributed by atoms with E-state index in [2.05, 4.69) is 10.1 Å². The minimum absolute atomic E-state index is 0. The van der Waals surface area contributed by atoms with Crippen molar-refractivity contribution in [3.8, 4) is 5.75 Å². The Kier molecular flexibility index (Phi) is 5.65. The van der Waals surface area contributed by atoms with E-state index in [1.165, 1.54) is 24.3 Å². The highest BCUT2D eigenvalue weighted by Gasteiger charge is 2.36. The normalized spacial score (nSPS) is 25.8. The Morgan fingerprint density at radius 3 is 2.21 bits per heavy atom. The summed E-state index contributed by atoms with van der Waals surface area (Å²) in [6, 6.07) is 6.19. The average molecular weight is 365 g/mol. The first-order valence-corrected chi connectivity index (χ1v) is 7.71. The number of rotatable bonds is 3. The van der Waals surface area contributed by atoms with Crippen molar-refractivity contribution in [3.63, 3.8) is 0 Å². The lowest BCUT2D eigenvalue weighted by molar-refractivity contribution is -0.274. The second kappa shape index (κ2) is 7.19. The molecule has 2 aliphatic rings. The standard InChI is InChI=1S/C16H19F3N2O2.ClH/c1-21(13-8-11-4-5-12(9-13)20-11)15(22)10-2-6-14(7-3-10)23-16(17,18)19;/h2-3,6-7,11-13,20H,4-5,8-9H2,1H3;1H. The maximum absolute atomic E-state index is 12.5. The molecule has 0 radical (unpaired) electrons. The van der Waals surface area contributed by atoms with Crippen molar-refractivity contribution in [3.05, 3.63) is 29.8 Å². The van der Waals surface area contributed by atoms with E-state index in [-0.39, 0.29) is 30.1 Å². The number of nitrogens with one attached hydrogen (secondary N) is 1. The van der Waals surface area contributed by atoms with Crippen molar-refractivity contribution >= 4 is 18.3 Å². The summed E-state index contributed by atoms with van der Waals surface area (Å²) in [4.78, 5) is 14.2. The second-order valence-corrected chi connectivity index (χ2v) is 6.25. The summed E-state index contributed by atoms with van der Waals surface area (Å²) < 4.78 is 40.3. The third-order valence-electron chi connectivity index (χ3n) is 4.65. The van der Waals surface area contributed by atoms with Gasteiger partial charge in [-0.25, -0.2) is 0 Å². The van der Waals surface area contributed by atoms with Crippen LogP contribution in [0.1, 0.15) is 36.0 Å². The summed E-state index contributed by atoms with van der Waals surface area (Å²) in [6.07, 6.45) is -0.585. The number of nitrogens with zero attached hydrogens (tertiary/aromatic N) is 1. The first-order valence-electron chi connectivity index (χ1n) is 7.71. The highest BCUT2D eigenvalue weighted by Crippen LogP contribution is 2.30. The average Bonchev–Trinajstić information content (AvgIpc) is 2.83. The molecule has 1 aromatic rings. The molecule has 1 amide bonds. The molecule has 2 fully saturated rings. The summed E-state index contributed by atoms with van der Waals surface area (Å²) in [7, 11) is 1.76. The van der Waals surface area contributed by atoms with Gasteiger partial charge in [0.05, 0.1) is 0 Å². The van der Waals surface area contributed by atoms with Gasteiger partial charge >= 0.3 is 6.36 Å². The summed E-state index contributed by atoms with van der Waals surface area (Å²) in [5, 5.41) is 3.52. The first-order chi connectivity index (χ1) is 10.8. The number of amides is 1. The maximum atomic E-state index is 12.5. The summed E-state index contributed by atoms with van der Waals surface area (Å²) in [5.74, 6) is -0.494. The summed E-state index contributed by atoms with van der Waals surface area (Å²) >= 11 is 0. The van der Waals surface area contributed by atoms with E-state index in [0.29, 0.717) is 17.6 Å². The topological polar surface area (TPSA) is 41.6 Å². The molecule has 2 saturated heterocycles. The minimum Gasteiger partial charge on any atom is -0.406 e. The van der Waals surface area contributed by atoms with Crippen LogP contribution in [0.25, 0.3) is 0 Å². The molecule has 2 aliphatic heterocycles. The molecule has 2 heterocycles. The van der Waals surface area contributed by atoms with Crippen molar-refractivity contribution in [1.29, 1.82) is 0 Å². The van der Waals surface area contributed by atoms with Crippen molar-refractivity contribution < 1.29 is 22.7 Å². The number of carbonyl (C=O) groups is 1. The number of benzene rings is 1. The lowest BCUT2D eigenvalue weighted by Gasteiger charge is -2.35. The molecule has 2 atom stereocenters. The van der Waals surface area contributed by atoms with Crippen molar-refractivity contribution in [2.75, 3.05) is 7.05 Å². The Morgan fingerprint density at radius 1 is 1.17 bits per heavy atom. The Balaban J connectivity index is 0.00000208. The predicted molar refractivity (Wildman–Crippen MR) is 85.4 cm³/mol. The molecule has 2 bridgehead atoms. The number of halogens is 4. The number of piperidine rings is 1. The largest absolute Gasteiger partial charge is 0.573 e. The Morgan fingerprint density at radius 2 is 1.71 bits per heavy atom. The lowest BCUT2D eigenvalue weighted by Crippen LogP contribution is -2.48. The van der Waals surface area contributed by atoms with Crippen LogP contribution in [0.15, 0.2) is 24.3 Å². The molecule has 0 aromatic heterocycles. The zero-order chi connectivity index (χ0) is 16.6. The predicted octanol–water partition coefficient (Wildman–Crippen LogP) is 3.36. The van der Waals surface area contributed by atoms with E-state index in [4.69, 9.17) is 0 Å². The highest BCUT2D eigenvalue weighted by atomic mass is 35.5. The van der Waals surface area contributed by atoms with Crippen molar-refractivity contribution in [2.24, 2.45) is 0 Å². The van der Waals surface area contributed by atoms with Gasteiger partial charge in [0.1, 0.15) is 5.75 Å². The van der Waals surface area contributed by atoms with Crippen LogP contribution in [0.3, 0.4) is 0 Å². The molecule has 3 rings (SSSR count). The van der Waals surface area contributed by atoms with Gasteiger partial charge < -0.3 is 15.0 Å². The number of alkyl halides is 3. The van der Waals surface area contributed by atoms with Crippen molar-refractivity contribution in [1.82, 2.24) is 10.2 Å². The lowest BCUT2D eigenvalue weighted by atomic mass is 9.98. The Bertz CT molecular complexity index is 568. The van der Waals surface area contributed by atoms with Crippen LogP contribution >= 0.6 is 12.4 Å². The molecule has 2 unspecified atom stereocenters. The second-order valence-electron chi connectivity index (χ2n) is 6.25. The van der Waals surface area contributed by atoms with Gasteiger partial charge in [0.25, 0.3) is 5.91 Å². The van der Waals surface area contributed by atoms with Crippen LogP contribution in [0.5, 0.6) is 5.75 Å². The van der Waals surface area contributed by atoms with Crippen LogP contribution in [-0.2, 0) is 0 Å². The molecular weight excluding hydrogens is 345 g/mol. The molecule has 0 aliphatic carbocycles. The highest BCUT2D eigenvalue weighted by molar-refractivity contribution is 5.94. The van der Waals surface area contributed by atoms with Gasteiger partial charge in [0.2, 0.25) is 0 Å². The molecule has 134 valence electrons. The fraction of sp³-hybridized carbons (Fsp3) is 0.562. The van der Waals surface area contributed by atoms with Crippen LogP contribution < -0.4 is 10.1 Å². The zero-order valence-corrected chi connectivity index (χ0v) is 14.0. The minimum atomic E-state index is -4.73. The molecule has 4 nitrogen and oxygen atoms in total. The first kappa shape index (κ1) is 18.9. The molecule has 1 N–H and O–H groups in total. The van der Waals surface area contributed by atoms with Crippen molar-refractivity contribution in [2.45, 2.75) is 50.2 Å². The van der Waals surface area contributed by atoms with Crippen LogP contribution in [0, 0.1) is 0 Å². The number of hydrogen-bond donors (Lipinski definition) is 1. The Labute approximate surface area is 144 Å². The molecular formula is C16H20ClF3N2O2. The fourth-order valence-corrected chi connectivity index (χ4v) is 3.51. The number of hydrogen-bond acceptors (Lipinski definition) is 3. The number of fused-ring (bicyclic) bond motifs is 2. The van der Waals surface area contributed by atoms with Gasteiger partial charge in [-0.3, -0.25) is 4.79 Å². The van der Waals surface area contributed by atoms with E-state index in [0.717, 1.165) is 25.7 Å². The van der Waals surface area contributed by atoms with E-state index in [1.54, 1.807) is 11.9 Å². The van der Waals surface area contributed by atoms with E-state index in [9.17, 15) is 18.0 Å². The molecule has 0 spiro atoms. The van der Waals surface area contributed by atoms with E-state index < -0.39 is 6.36 Å². The van der Waals surface area contributed by atoms with E-state index in [1.807, 2.05) is 0 Å². The zero-order valence-electron chi connectivity index (χ0n) is 13.2. The van der Waals surface area contributed by atoms with Gasteiger partial charge in [0, 0.05) is 30.7 Å². The van der Waals surface area contributed by atoms with Gasteiger partial charge in [-0.1, -0.05) is 0 Å². The molecule has 0 saturated carbocycles. The third kappa shape index (κ3) is 4.33. The number of carbonyl (C=O) groups excluding carboxylic acids is 1. The fourth-order valence-electron chi connectivity index (χ4n) is 3.51. The van der Waals surface area contributed by atoms with Crippen LogP contribution in [-0.4, -0.2) is 42.3 Å². The number of ether oxygens (including phenoxy) is 1. The summed E-state index contributed by atoms with van der Waals surface area (Å²) in [5.41, 5.74) is 0.368. The van der Waals surface area contributed by atoms with Gasteiger partial charge in [0.15, 0.2) is 0 Å². The SMILES string of the molecule is CN(C(=O)c1ccc(OC(F)(F)F)cc1)C1CC2CCC(C1)N2.Cl. The summed E-state index contributed by atoms with van der Waals surface area (Å²) in [6.45, 7) is 0. The van der Waals surface area contributed by atoms with Gasteiger partial charge in [-0.05, 0) is 49.9 Å². The molecule has 8 heteroatoms. The smallest absolute Gasteiger partial charge is 0.406 e. The maximum Gasteiger partial charge on any atom is 0.573 e. The van der Waals surface area contributed by atoms with Gasteiger partial charge in [-0.2, -0.15) is 0 Å². The molecule has 24 heavy (non-hydrogen) atoms. The van der Waals surface area contributed by atoms with Gasteiger partial charge in [-0.15, -0.1) is 25.6 Å². The quantitative estimate of drug-likeness (QED) is 0.894. The third-order valence-corrected chi connectivity index (χ3v) is 4.65. The Hall–Kier alpha value is -1.47. The van der Waals surface area contributed by atoms with E-state index >= 15 is 0 Å². The monoisotopic (exact) mass is 364 g/mol. The van der Waals surface area contributed by atoms with Crippen LogP contribution in [0.2, 0.25) is 0 Å². The molecule has 1 aromatic carbocycles. The van der Waals surface area contributed by atoms with Crippen LogP contribution in [0.4, 0.5) is 13.2 Å².